The molecule has 2 rings (SSSR count). The molecule has 118 valence electrons. The van der Waals surface area contributed by atoms with E-state index in [4.69, 9.17) is 11.6 Å². The molecule has 0 bridgehead atoms. The number of hydrogen-bond acceptors (Lipinski definition) is 3. The fourth-order valence-electron chi connectivity index (χ4n) is 2.82. The topological polar surface area (TPSA) is 26.7 Å². The molecular weight excluding hydrogens is 284 g/mol. The summed E-state index contributed by atoms with van der Waals surface area (Å²) in [6.45, 7) is 11.2. The molecule has 0 unspecified atom stereocenters. The van der Waals surface area contributed by atoms with E-state index >= 15 is 0 Å². The van der Waals surface area contributed by atoms with Gasteiger partial charge in [-0.25, -0.2) is 0 Å². The summed E-state index contributed by atoms with van der Waals surface area (Å²) in [7, 11) is 0. The van der Waals surface area contributed by atoms with Crippen molar-refractivity contribution < 1.29 is 5.11 Å². The zero-order valence-corrected chi connectivity index (χ0v) is 14.1. The SMILES string of the molecule is C[C@H](c1ccccc1Cl)N1CCN(CCC(C)(C)O)CC1. The van der Waals surface area contributed by atoms with E-state index in [1.807, 2.05) is 26.0 Å². The third kappa shape index (κ3) is 4.96. The Morgan fingerprint density at radius 2 is 1.81 bits per heavy atom. The molecule has 1 aliphatic heterocycles. The van der Waals surface area contributed by atoms with Gasteiger partial charge in [-0.1, -0.05) is 29.8 Å². The van der Waals surface area contributed by atoms with Crippen LogP contribution in [0.5, 0.6) is 0 Å². The number of benzene rings is 1. The minimum absolute atomic E-state index is 0.357. The van der Waals surface area contributed by atoms with E-state index in [1.165, 1.54) is 5.56 Å². The maximum Gasteiger partial charge on any atom is 0.0603 e. The van der Waals surface area contributed by atoms with Crippen LogP contribution >= 0.6 is 11.6 Å². The maximum absolute atomic E-state index is 9.82. The van der Waals surface area contributed by atoms with Gasteiger partial charge in [-0.2, -0.15) is 0 Å². The van der Waals surface area contributed by atoms with Crippen molar-refractivity contribution in [2.24, 2.45) is 0 Å². The van der Waals surface area contributed by atoms with Gasteiger partial charge in [0.1, 0.15) is 0 Å². The first kappa shape index (κ1) is 16.8. The average molecular weight is 311 g/mol. The van der Waals surface area contributed by atoms with Gasteiger partial charge in [-0.3, -0.25) is 4.90 Å². The lowest BCUT2D eigenvalue weighted by Crippen LogP contribution is -2.48. The summed E-state index contributed by atoms with van der Waals surface area (Å²) < 4.78 is 0. The van der Waals surface area contributed by atoms with Crippen LogP contribution in [0.4, 0.5) is 0 Å². The Morgan fingerprint density at radius 1 is 1.19 bits per heavy atom. The Hall–Kier alpha value is -0.610. The molecule has 0 aliphatic carbocycles. The lowest BCUT2D eigenvalue weighted by Gasteiger charge is -2.39. The third-order valence-electron chi connectivity index (χ3n) is 4.35. The van der Waals surface area contributed by atoms with Gasteiger partial charge in [0.2, 0.25) is 0 Å². The van der Waals surface area contributed by atoms with E-state index in [9.17, 15) is 5.11 Å². The fourth-order valence-corrected chi connectivity index (χ4v) is 3.11. The van der Waals surface area contributed by atoms with E-state index in [2.05, 4.69) is 28.9 Å². The van der Waals surface area contributed by atoms with Crippen LogP contribution in [0.25, 0.3) is 0 Å². The van der Waals surface area contributed by atoms with Gasteiger partial charge in [0.25, 0.3) is 0 Å². The highest BCUT2D eigenvalue weighted by Gasteiger charge is 2.24. The third-order valence-corrected chi connectivity index (χ3v) is 4.69. The van der Waals surface area contributed by atoms with Gasteiger partial charge in [-0.15, -0.1) is 0 Å². The van der Waals surface area contributed by atoms with Crippen molar-refractivity contribution in [2.45, 2.75) is 38.8 Å². The molecular formula is C17H27ClN2O. The molecule has 3 nitrogen and oxygen atoms in total. The van der Waals surface area contributed by atoms with Crippen molar-refractivity contribution in [3.05, 3.63) is 34.9 Å². The van der Waals surface area contributed by atoms with E-state index in [1.54, 1.807) is 0 Å². The summed E-state index contributed by atoms with van der Waals surface area (Å²) in [5.41, 5.74) is 0.645. The van der Waals surface area contributed by atoms with Crippen LogP contribution in [0, 0.1) is 0 Å². The molecule has 0 spiro atoms. The molecule has 0 saturated carbocycles. The molecule has 0 amide bonds. The highest BCUT2D eigenvalue weighted by atomic mass is 35.5. The normalized spacial score (nSPS) is 19.7. The van der Waals surface area contributed by atoms with Crippen molar-refractivity contribution >= 4 is 11.6 Å². The number of aliphatic hydroxyl groups is 1. The van der Waals surface area contributed by atoms with Crippen molar-refractivity contribution in [1.82, 2.24) is 9.80 Å². The van der Waals surface area contributed by atoms with Gasteiger partial charge < -0.3 is 10.0 Å². The molecule has 1 heterocycles. The Balaban J connectivity index is 1.85. The van der Waals surface area contributed by atoms with E-state index < -0.39 is 5.60 Å². The number of rotatable bonds is 5. The summed E-state index contributed by atoms with van der Waals surface area (Å²) in [5, 5.41) is 10.7. The average Bonchev–Trinajstić information content (AvgIpc) is 2.45. The van der Waals surface area contributed by atoms with Crippen LogP contribution in [-0.2, 0) is 0 Å². The molecule has 1 atom stereocenters. The monoisotopic (exact) mass is 310 g/mol. The first-order chi connectivity index (χ1) is 9.87. The van der Waals surface area contributed by atoms with Gasteiger partial charge in [-0.05, 0) is 38.8 Å². The number of hydrogen-bond donors (Lipinski definition) is 1. The summed E-state index contributed by atoms with van der Waals surface area (Å²) in [5.74, 6) is 0. The second-order valence-corrected chi connectivity index (χ2v) is 7.04. The fraction of sp³-hybridized carbons (Fsp3) is 0.647. The Kier molecular flexibility index (Phi) is 5.67. The minimum atomic E-state index is -0.567. The molecule has 1 aliphatic rings. The van der Waals surface area contributed by atoms with E-state index in [0.717, 1.165) is 44.2 Å². The van der Waals surface area contributed by atoms with Gasteiger partial charge in [0.15, 0.2) is 0 Å². The zero-order valence-electron chi connectivity index (χ0n) is 13.3. The highest BCUT2D eigenvalue weighted by Crippen LogP contribution is 2.27. The summed E-state index contributed by atoms with van der Waals surface area (Å²) in [6, 6.07) is 8.47. The largest absolute Gasteiger partial charge is 0.390 e. The quantitative estimate of drug-likeness (QED) is 0.905. The number of piperazine rings is 1. The van der Waals surface area contributed by atoms with Gasteiger partial charge >= 0.3 is 0 Å². The van der Waals surface area contributed by atoms with E-state index in [-0.39, 0.29) is 0 Å². The number of halogens is 1. The van der Waals surface area contributed by atoms with Crippen LogP contribution in [0.2, 0.25) is 5.02 Å². The standard InChI is InChI=1S/C17H27ClN2O/c1-14(15-6-4-5-7-16(15)18)20-12-10-19(11-13-20)9-8-17(2,3)21/h4-7,14,21H,8-13H2,1-3H3/t14-/m1/s1. The predicted octanol–water partition coefficient (Wildman–Crippen LogP) is 3.18. The lowest BCUT2D eigenvalue weighted by molar-refractivity contribution is 0.0427. The molecule has 4 heteroatoms. The van der Waals surface area contributed by atoms with Crippen molar-refractivity contribution in [3.8, 4) is 0 Å². The maximum atomic E-state index is 9.82. The predicted molar refractivity (Wildman–Crippen MR) is 88.8 cm³/mol. The van der Waals surface area contributed by atoms with Crippen LogP contribution in [0.3, 0.4) is 0 Å². The Bertz CT molecular complexity index is 450. The van der Waals surface area contributed by atoms with Crippen LogP contribution in [-0.4, -0.2) is 53.2 Å². The van der Waals surface area contributed by atoms with Gasteiger partial charge in [0, 0.05) is 43.8 Å². The van der Waals surface area contributed by atoms with Gasteiger partial charge in [0.05, 0.1) is 5.60 Å². The molecule has 21 heavy (non-hydrogen) atoms. The smallest absolute Gasteiger partial charge is 0.0603 e. The van der Waals surface area contributed by atoms with Crippen LogP contribution < -0.4 is 0 Å². The minimum Gasteiger partial charge on any atom is -0.390 e. The highest BCUT2D eigenvalue weighted by molar-refractivity contribution is 6.31. The summed E-state index contributed by atoms with van der Waals surface area (Å²) in [4.78, 5) is 4.93. The lowest BCUT2D eigenvalue weighted by atomic mass is 10.0. The first-order valence-electron chi connectivity index (χ1n) is 7.80. The number of nitrogens with zero attached hydrogens (tertiary/aromatic N) is 2. The molecule has 1 aromatic rings. The second-order valence-electron chi connectivity index (χ2n) is 6.64. The van der Waals surface area contributed by atoms with Crippen LogP contribution in [0.1, 0.15) is 38.8 Å². The molecule has 1 fully saturated rings. The molecule has 1 N–H and O–H groups in total. The van der Waals surface area contributed by atoms with Crippen molar-refractivity contribution in [2.75, 3.05) is 32.7 Å². The zero-order chi connectivity index (χ0) is 15.5. The van der Waals surface area contributed by atoms with Crippen molar-refractivity contribution in [3.63, 3.8) is 0 Å². The Morgan fingerprint density at radius 3 is 2.38 bits per heavy atom. The van der Waals surface area contributed by atoms with Crippen LogP contribution in [0.15, 0.2) is 24.3 Å². The van der Waals surface area contributed by atoms with E-state index in [0.29, 0.717) is 6.04 Å². The molecule has 0 radical (unpaired) electrons. The Labute approximate surface area is 133 Å². The molecule has 1 aromatic carbocycles. The molecule has 0 aromatic heterocycles. The second kappa shape index (κ2) is 7.10. The summed E-state index contributed by atoms with van der Waals surface area (Å²) in [6.07, 6.45) is 0.826. The summed E-state index contributed by atoms with van der Waals surface area (Å²) >= 11 is 6.30. The first-order valence-corrected chi connectivity index (χ1v) is 8.18. The van der Waals surface area contributed by atoms with Crippen molar-refractivity contribution in [1.29, 1.82) is 0 Å². The molecule has 1 saturated heterocycles.